The first-order chi connectivity index (χ1) is 11.5. The number of thioether (sulfide) groups is 1. The van der Waals surface area contributed by atoms with Gasteiger partial charge in [-0.3, -0.25) is 4.79 Å². The Morgan fingerprint density at radius 2 is 2.21 bits per heavy atom. The molecule has 1 aromatic carbocycles. The number of rotatable bonds is 7. The van der Waals surface area contributed by atoms with Crippen molar-refractivity contribution in [3.8, 4) is 0 Å². The quantitative estimate of drug-likeness (QED) is 0.617. The van der Waals surface area contributed by atoms with E-state index in [0.717, 1.165) is 10.9 Å². The number of halogens is 1. The van der Waals surface area contributed by atoms with Crippen LogP contribution in [0, 0.1) is 11.7 Å². The predicted molar refractivity (Wildman–Crippen MR) is 93.8 cm³/mol. The monoisotopic (exact) mass is 348 g/mol. The van der Waals surface area contributed by atoms with Crippen molar-refractivity contribution in [1.82, 2.24) is 20.1 Å². The van der Waals surface area contributed by atoms with Crippen LogP contribution in [0.25, 0.3) is 6.08 Å². The van der Waals surface area contributed by atoms with E-state index in [2.05, 4.69) is 29.4 Å². The average Bonchev–Trinajstić information content (AvgIpc) is 2.89. The molecule has 0 aliphatic carbocycles. The highest BCUT2D eigenvalue weighted by Gasteiger charge is 2.10. The fourth-order valence-corrected chi connectivity index (χ4v) is 2.75. The Balaban J connectivity index is 1.87. The van der Waals surface area contributed by atoms with Crippen LogP contribution >= 0.6 is 11.8 Å². The maximum atomic E-state index is 13.1. The van der Waals surface area contributed by atoms with Crippen LogP contribution in [-0.2, 0) is 18.4 Å². The Kier molecular flexibility index (Phi) is 6.54. The molecule has 0 bridgehead atoms. The molecule has 1 heterocycles. The van der Waals surface area contributed by atoms with Crippen LogP contribution in [0.5, 0.6) is 0 Å². The number of nitrogens with one attached hydrogen (secondary N) is 1. The lowest BCUT2D eigenvalue weighted by Crippen LogP contribution is -2.22. The first-order valence-electron chi connectivity index (χ1n) is 7.68. The highest BCUT2D eigenvalue weighted by Crippen LogP contribution is 2.18. The minimum absolute atomic E-state index is 0.265. The van der Waals surface area contributed by atoms with Crippen LogP contribution in [0.1, 0.15) is 25.2 Å². The third-order valence-electron chi connectivity index (χ3n) is 3.17. The van der Waals surface area contributed by atoms with Crippen molar-refractivity contribution in [1.29, 1.82) is 0 Å². The van der Waals surface area contributed by atoms with Gasteiger partial charge in [0.1, 0.15) is 5.82 Å². The maximum Gasteiger partial charge on any atom is 0.244 e. The van der Waals surface area contributed by atoms with Gasteiger partial charge in [0.25, 0.3) is 0 Å². The number of aromatic nitrogens is 3. The van der Waals surface area contributed by atoms with Crippen LogP contribution in [0.15, 0.2) is 35.5 Å². The van der Waals surface area contributed by atoms with Crippen LogP contribution in [0.3, 0.4) is 0 Å². The van der Waals surface area contributed by atoms with Gasteiger partial charge in [0.2, 0.25) is 5.91 Å². The second kappa shape index (κ2) is 8.63. The minimum Gasteiger partial charge on any atom is -0.345 e. The van der Waals surface area contributed by atoms with E-state index in [1.54, 1.807) is 30.0 Å². The molecule has 0 spiro atoms. The highest BCUT2D eigenvalue weighted by atomic mass is 32.2. The Morgan fingerprint density at radius 1 is 1.42 bits per heavy atom. The maximum absolute atomic E-state index is 13.1. The molecule has 1 amide bonds. The molecule has 0 aliphatic heterocycles. The smallest absolute Gasteiger partial charge is 0.244 e. The van der Waals surface area contributed by atoms with Crippen molar-refractivity contribution in [2.24, 2.45) is 13.0 Å². The van der Waals surface area contributed by atoms with Gasteiger partial charge in [-0.2, -0.15) is 0 Å². The molecule has 0 fully saturated rings. The van der Waals surface area contributed by atoms with Gasteiger partial charge in [0.15, 0.2) is 11.0 Å². The molecule has 0 unspecified atom stereocenters. The van der Waals surface area contributed by atoms with Crippen molar-refractivity contribution in [2.75, 3.05) is 5.75 Å². The number of hydrogen-bond donors (Lipinski definition) is 1. The zero-order chi connectivity index (χ0) is 17.5. The largest absolute Gasteiger partial charge is 0.345 e. The van der Waals surface area contributed by atoms with Crippen LogP contribution in [0.2, 0.25) is 0 Å². The second-order valence-corrected chi connectivity index (χ2v) is 6.76. The van der Waals surface area contributed by atoms with Gasteiger partial charge in [-0.25, -0.2) is 4.39 Å². The summed E-state index contributed by atoms with van der Waals surface area (Å²) in [6.07, 6.45) is 2.94. The first-order valence-corrected chi connectivity index (χ1v) is 8.67. The molecule has 2 aromatic rings. The van der Waals surface area contributed by atoms with Crippen molar-refractivity contribution in [2.45, 2.75) is 25.5 Å². The molecule has 0 aliphatic rings. The summed E-state index contributed by atoms with van der Waals surface area (Å²) >= 11 is 1.65. The summed E-state index contributed by atoms with van der Waals surface area (Å²) in [6.45, 7) is 4.59. The summed E-state index contributed by atoms with van der Waals surface area (Å²) in [5.74, 6) is 1.63. The summed E-state index contributed by atoms with van der Waals surface area (Å²) in [4.78, 5) is 11.9. The molecule has 0 saturated heterocycles. The van der Waals surface area contributed by atoms with E-state index in [9.17, 15) is 9.18 Å². The zero-order valence-corrected chi connectivity index (χ0v) is 14.8. The van der Waals surface area contributed by atoms with E-state index < -0.39 is 0 Å². The molecule has 2 rings (SSSR count). The lowest BCUT2D eigenvalue weighted by atomic mass is 10.2. The first kappa shape index (κ1) is 18.2. The van der Waals surface area contributed by atoms with Crippen molar-refractivity contribution >= 4 is 23.7 Å². The molecule has 1 N–H and O–H groups in total. The third-order valence-corrected chi connectivity index (χ3v) is 4.61. The number of nitrogens with zero attached hydrogens (tertiary/aromatic N) is 3. The van der Waals surface area contributed by atoms with Crippen molar-refractivity contribution < 1.29 is 9.18 Å². The Morgan fingerprint density at radius 3 is 2.92 bits per heavy atom. The van der Waals surface area contributed by atoms with E-state index >= 15 is 0 Å². The molecular formula is C17H21FN4OS. The van der Waals surface area contributed by atoms with Crippen molar-refractivity contribution in [3.05, 3.63) is 47.5 Å². The lowest BCUT2D eigenvalue weighted by Gasteiger charge is -2.05. The van der Waals surface area contributed by atoms with Gasteiger partial charge in [-0.05, 0) is 29.7 Å². The van der Waals surface area contributed by atoms with E-state index in [4.69, 9.17) is 0 Å². The normalized spacial score (nSPS) is 11.4. The predicted octanol–water partition coefficient (Wildman–Crippen LogP) is 3.03. The lowest BCUT2D eigenvalue weighted by molar-refractivity contribution is -0.116. The fraction of sp³-hybridized carbons (Fsp3) is 0.353. The number of hydrogen-bond acceptors (Lipinski definition) is 4. The molecule has 7 heteroatoms. The minimum atomic E-state index is -0.330. The zero-order valence-electron chi connectivity index (χ0n) is 14.0. The Labute approximate surface area is 145 Å². The summed E-state index contributed by atoms with van der Waals surface area (Å²) in [5.41, 5.74) is 0.635. The third kappa shape index (κ3) is 5.49. The average molecular weight is 348 g/mol. The van der Waals surface area contributed by atoms with Crippen LogP contribution < -0.4 is 5.32 Å². The molecule has 0 saturated carbocycles. The number of carbonyl (C=O) groups is 1. The SMILES string of the molecule is CC(C)CSc1nnc(CNC(=O)C=Cc2cccc(F)c2)n1C. The Bertz CT molecular complexity index is 727. The number of benzene rings is 1. The topological polar surface area (TPSA) is 59.8 Å². The van der Waals surface area contributed by atoms with Gasteiger partial charge >= 0.3 is 0 Å². The van der Waals surface area contributed by atoms with Gasteiger partial charge in [0, 0.05) is 18.9 Å². The van der Waals surface area contributed by atoms with E-state index in [1.165, 1.54) is 18.2 Å². The summed E-state index contributed by atoms with van der Waals surface area (Å²) < 4.78 is 14.9. The van der Waals surface area contributed by atoms with Crippen LogP contribution in [0.4, 0.5) is 4.39 Å². The Hall–Kier alpha value is -2.15. The fourth-order valence-electron chi connectivity index (χ4n) is 1.87. The van der Waals surface area contributed by atoms with Gasteiger partial charge in [0.05, 0.1) is 6.54 Å². The molecule has 0 atom stereocenters. The van der Waals surface area contributed by atoms with Gasteiger partial charge < -0.3 is 9.88 Å². The summed E-state index contributed by atoms with van der Waals surface area (Å²) in [5, 5.41) is 11.8. The van der Waals surface area contributed by atoms with Gasteiger partial charge in [-0.15, -0.1) is 10.2 Å². The molecule has 1 aromatic heterocycles. The van der Waals surface area contributed by atoms with Crippen LogP contribution in [-0.4, -0.2) is 26.4 Å². The second-order valence-electron chi connectivity index (χ2n) is 5.77. The molecular weight excluding hydrogens is 327 g/mol. The molecule has 128 valence electrons. The summed E-state index contributed by atoms with van der Waals surface area (Å²) in [6, 6.07) is 6.06. The number of amides is 1. The van der Waals surface area contributed by atoms with E-state index in [1.807, 2.05) is 11.6 Å². The summed E-state index contributed by atoms with van der Waals surface area (Å²) in [7, 11) is 1.88. The number of carbonyl (C=O) groups excluding carboxylic acids is 1. The highest BCUT2D eigenvalue weighted by molar-refractivity contribution is 7.99. The van der Waals surface area contributed by atoms with E-state index in [0.29, 0.717) is 17.3 Å². The molecule has 0 radical (unpaired) electrons. The van der Waals surface area contributed by atoms with Gasteiger partial charge in [-0.1, -0.05) is 37.7 Å². The standard InChI is InChI=1S/C17H21FN4OS/c1-12(2)11-24-17-21-20-15(22(17)3)10-19-16(23)8-7-13-5-4-6-14(18)9-13/h4-9,12H,10-11H2,1-3H3,(H,19,23). The van der Waals surface area contributed by atoms with Crippen molar-refractivity contribution in [3.63, 3.8) is 0 Å². The van der Waals surface area contributed by atoms with E-state index in [-0.39, 0.29) is 18.3 Å². The molecule has 5 nitrogen and oxygen atoms in total. The molecule has 24 heavy (non-hydrogen) atoms.